The number of Topliss-reactive ketones (excluding diaryl/α,β-unsaturated/α-hetero) is 1. The Morgan fingerprint density at radius 1 is 1.44 bits per heavy atom. The summed E-state index contributed by atoms with van der Waals surface area (Å²) < 4.78 is 12.5. The van der Waals surface area contributed by atoms with Gasteiger partial charge in [0.1, 0.15) is 6.20 Å². The quantitative estimate of drug-likeness (QED) is 0.414. The summed E-state index contributed by atoms with van der Waals surface area (Å²) in [5.41, 5.74) is 2.29. The standard InChI is InChI=1S/C17H21N3O5/c1-11-8-14(13(3)19(11)12(2)9-24-4)15(21)10-25-16-6-5-7-18-17(16)20(22)23/h5-8,12H,9-10H2,1-4H3/t12-/m0/s1. The first-order chi connectivity index (χ1) is 11.9. The van der Waals surface area contributed by atoms with E-state index in [9.17, 15) is 14.9 Å². The molecular weight excluding hydrogens is 326 g/mol. The van der Waals surface area contributed by atoms with Crippen LogP contribution in [0.2, 0.25) is 0 Å². The first-order valence-electron chi connectivity index (χ1n) is 7.79. The fourth-order valence-electron chi connectivity index (χ4n) is 2.91. The number of ketones is 1. The van der Waals surface area contributed by atoms with Crippen molar-refractivity contribution in [1.29, 1.82) is 0 Å². The summed E-state index contributed by atoms with van der Waals surface area (Å²) >= 11 is 0. The van der Waals surface area contributed by atoms with Crippen molar-refractivity contribution in [2.75, 3.05) is 20.3 Å². The number of pyridine rings is 1. The fraction of sp³-hybridized carbons (Fsp3) is 0.412. The van der Waals surface area contributed by atoms with Crippen LogP contribution >= 0.6 is 0 Å². The number of aromatic nitrogens is 2. The zero-order valence-corrected chi connectivity index (χ0v) is 14.7. The molecule has 0 spiro atoms. The summed E-state index contributed by atoms with van der Waals surface area (Å²) in [6, 6.07) is 4.82. The Balaban J connectivity index is 2.17. The average molecular weight is 347 g/mol. The van der Waals surface area contributed by atoms with Crippen molar-refractivity contribution < 1.29 is 19.2 Å². The van der Waals surface area contributed by atoms with Gasteiger partial charge < -0.3 is 24.2 Å². The lowest BCUT2D eigenvalue weighted by Gasteiger charge is -2.17. The first-order valence-corrected chi connectivity index (χ1v) is 7.79. The third-order valence-electron chi connectivity index (χ3n) is 3.92. The molecule has 0 aliphatic rings. The maximum Gasteiger partial charge on any atom is 0.406 e. The lowest BCUT2D eigenvalue weighted by molar-refractivity contribution is -0.390. The molecule has 0 amide bonds. The van der Waals surface area contributed by atoms with Gasteiger partial charge in [-0.3, -0.25) is 4.79 Å². The number of rotatable bonds is 8. The number of aryl methyl sites for hydroxylation is 1. The minimum absolute atomic E-state index is 0.0255. The summed E-state index contributed by atoms with van der Waals surface area (Å²) in [5.74, 6) is -0.681. The molecule has 8 heteroatoms. The van der Waals surface area contributed by atoms with Crippen LogP contribution in [0.3, 0.4) is 0 Å². The predicted molar refractivity (Wildman–Crippen MR) is 91.2 cm³/mol. The lowest BCUT2D eigenvalue weighted by atomic mass is 10.1. The maximum atomic E-state index is 12.5. The van der Waals surface area contributed by atoms with Gasteiger partial charge in [0.05, 0.1) is 12.6 Å². The number of ether oxygens (including phenoxy) is 2. The molecule has 0 aliphatic heterocycles. The van der Waals surface area contributed by atoms with E-state index in [4.69, 9.17) is 9.47 Å². The predicted octanol–water partition coefficient (Wildman–Crippen LogP) is 2.88. The second-order valence-corrected chi connectivity index (χ2v) is 5.75. The molecular formula is C17H21N3O5. The summed E-state index contributed by atoms with van der Waals surface area (Å²) in [7, 11) is 1.63. The molecule has 0 fully saturated rings. The Kier molecular flexibility index (Phi) is 5.87. The first kappa shape index (κ1) is 18.6. The van der Waals surface area contributed by atoms with E-state index in [1.807, 2.05) is 25.3 Å². The minimum Gasteiger partial charge on any atom is -0.477 e. The van der Waals surface area contributed by atoms with Crippen molar-refractivity contribution in [3.05, 3.63) is 51.5 Å². The molecule has 0 aromatic carbocycles. The Morgan fingerprint density at radius 3 is 2.80 bits per heavy atom. The molecule has 0 aliphatic carbocycles. The topological polar surface area (TPSA) is 96.5 Å². The Morgan fingerprint density at radius 2 is 2.16 bits per heavy atom. The number of hydrogen-bond acceptors (Lipinski definition) is 6. The Labute approximate surface area is 145 Å². The molecule has 25 heavy (non-hydrogen) atoms. The lowest BCUT2D eigenvalue weighted by Crippen LogP contribution is -2.16. The van der Waals surface area contributed by atoms with Gasteiger partial charge in [-0.1, -0.05) is 0 Å². The molecule has 0 radical (unpaired) electrons. The van der Waals surface area contributed by atoms with Crippen LogP contribution in [0, 0.1) is 24.0 Å². The van der Waals surface area contributed by atoms with E-state index >= 15 is 0 Å². The van der Waals surface area contributed by atoms with Gasteiger partial charge in [-0.05, 0) is 48.9 Å². The smallest absolute Gasteiger partial charge is 0.406 e. The number of nitro groups is 1. The van der Waals surface area contributed by atoms with Crippen molar-refractivity contribution in [3.63, 3.8) is 0 Å². The fourth-order valence-corrected chi connectivity index (χ4v) is 2.91. The van der Waals surface area contributed by atoms with Gasteiger partial charge in [0.2, 0.25) is 11.5 Å². The van der Waals surface area contributed by atoms with Gasteiger partial charge in [-0.25, -0.2) is 0 Å². The van der Waals surface area contributed by atoms with Crippen molar-refractivity contribution in [1.82, 2.24) is 9.55 Å². The summed E-state index contributed by atoms with van der Waals surface area (Å²) in [6.45, 7) is 6.02. The Bertz CT molecular complexity index is 785. The molecule has 2 aromatic heterocycles. The zero-order valence-electron chi connectivity index (χ0n) is 14.7. The number of methoxy groups -OCH3 is 1. The van der Waals surface area contributed by atoms with Gasteiger partial charge in [0.15, 0.2) is 6.61 Å². The molecule has 134 valence electrons. The van der Waals surface area contributed by atoms with Gasteiger partial charge in [0.25, 0.3) is 0 Å². The second-order valence-electron chi connectivity index (χ2n) is 5.75. The molecule has 2 aromatic rings. The van der Waals surface area contributed by atoms with Crippen LogP contribution in [0.4, 0.5) is 5.82 Å². The molecule has 0 bridgehead atoms. The highest BCUT2D eigenvalue weighted by Gasteiger charge is 2.21. The van der Waals surface area contributed by atoms with Crippen molar-refractivity contribution >= 4 is 11.6 Å². The summed E-state index contributed by atoms with van der Waals surface area (Å²) in [4.78, 5) is 26.5. The number of carbonyl (C=O) groups excluding carboxylic acids is 1. The van der Waals surface area contributed by atoms with Gasteiger partial charge in [0, 0.05) is 24.1 Å². The number of nitrogens with zero attached hydrogens (tertiary/aromatic N) is 3. The van der Waals surface area contributed by atoms with Gasteiger partial charge in [-0.15, -0.1) is 0 Å². The third-order valence-corrected chi connectivity index (χ3v) is 3.92. The Hall–Kier alpha value is -2.74. The van der Waals surface area contributed by atoms with Crippen LogP contribution < -0.4 is 4.74 Å². The zero-order chi connectivity index (χ0) is 18.6. The average Bonchev–Trinajstić information content (AvgIpc) is 2.87. The third kappa shape index (κ3) is 4.03. The molecule has 8 nitrogen and oxygen atoms in total. The van der Waals surface area contributed by atoms with E-state index in [0.29, 0.717) is 12.2 Å². The highest BCUT2D eigenvalue weighted by Crippen LogP contribution is 2.24. The SMILES string of the molecule is COC[C@H](C)n1c(C)cc(C(=O)COc2cccnc2[N+](=O)[O-])c1C. The highest BCUT2D eigenvalue weighted by molar-refractivity contribution is 5.98. The molecule has 1 atom stereocenters. The van der Waals surface area contributed by atoms with Gasteiger partial charge in [-0.2, -0.15) is 0 Å². The molecule has 2 rings (SSSR count). The summed E-state index contributed by atoms with van der Waals surface area (Å²) in [5, 5.41) is 10.9. The van der Waals surface area contributed by atoms with Crippen LogP contribution in [0.25, 0.3) is 0 Å². The van der Waals surface area contributed by atoms with Crippen molar-refractivity contribution in [2.45, 2.75) is 26.8 Å². The van der Waals surface area contributed by atoms with Crippen LogP contribution in [-0.4, -0.2) is 40.6 Å². The van der Waals surface area contributed by atoms with E-state index < -0.39 is 10.7 Å². The van der Waals surface area contributed by atoms with E-state index in [1.54, 1.807) is 13.2 Å². The van der Waals surface area contributed by atoms with Crippen molar-refractivity contribution in [3.8, 4) is 5.75 Å². The van der Waals surface area contributed by atoms with Crippen LogP contribution in [0.1, 0.15) is 34.7 Å². The normalized spacial score (nSPS) is 12.0. The molecule has 0 saturated heterocycles. The summed E-state index contributed by atoms with van der Waals surface area (Å²) in [6.07, 6.45) is 1.30. The minimum atomic E-state index is -0.641. The van der Waals surface area contributed by atoms with E-state index in [1.165, 1.54) is 18.3 Å². The maximum absolute atomic E-state index is 12.5. The number of hydrogen-bond donors (Lipinski definition) is 0. The van der Waals surface area contributed by atoms with E-state index in [-0.39, 0.29) is 24.2 Å². The van der Waals surface area contributed by atoms with E-state index in [2.05, 4.69) is 4.98 Å². The van der Waals surface area contributed by atoms with E-state index in [0.717, 1.165) is 11.4 Å². The molecule has 2 heterocycles. The van der Waals surface area contributed by atoms with Gasteiger partial charge >= 0.3 is 5.82 Å². The second kappa shape index (κ2) is 7.89. The van der Waals surface area contributed by atoms with Crippen LogP contribution in [-0.2, 0) is 4.74 Å². The van der Waals surface area contributed by atoms with Crippen molar-refractivity contribution in [2.24, 2.45) is 0 Å². The van der Waals surface area contributed by atoms with Crippen LogP contribution in [0.5, 0.6) is 5.75 Å². The highest BCUT2D eigenvalue weighted by atomic mass is 16.6. The largest absolute Gasteiger partial charge is 0.477 e. The molecule has 0 saturated carbocycles. The molecule has 0 N–H and O–H groups in total. The number of carbonyl (C=O) groups is 1. The monoisotopic (exact) mass is 347 g/mol. The van der Waals surface area contributed by atoms with Crippen LogP contribution in [0.15, 0.2) is 24.4 Å². The molecule has 0 unspecified atom stereocenters.